The van der Waals surface area contributed by atoms with Gasteiger partial charge in [0, 0.05) is 6.04 Å². The molecule has 21 heavy (non-hydrogen) atoms. The highest BCUT2D eigenvalue weighted by atomic mass is 32.1. The summed E-state index contributed by atoms with van der Waals surface area (Å²) in [6.45, 7) is -0.359. The fraction of sp³-hybridized carbons (Fsp3) is 0.364. The first-order chi connectivity index (χ1) is 10.1. The van der Waals surface area contributed by atoms with E-state index in [2.05, 4.69) is 21.1 Å². The lowest BCUT2D eigenvalue weighted by atomic mass is 10.6. The molecule has 2 heterocycles. The molecule has 0 aliphatic heterocycles. The molecule has 110 valence electrons. The van der Waals surface area contributed by atoms with Crippen molar-refractivity contribution < 1.29 is 9.59 Å². The Labute approximate surface area is 122 Å². The Hall–Kier alpha value is -2.49. The Balaban J connectivity index is 1.63. The lowest BCUT2D eigenvalue weighted by molar-refractivity contribution is -0.120. The van der Waals surface area contributed by atoms with Gasteiger partial charge in [0.25, 0.3) is 0 Å². The number of imide groups is 1. The van der Waals surface area contributed by atoms with Crippen molar-refractivity contribution in [3.8, 4) is 5.00 Å². The summed E-state index contributed by atoms with van der Waals surface area (Å²) in [6, 6.07) is 3.09. The third-order valence-electron chi connectivity index (χ3n) is 2.81. The van der Waals surface area contributed by atoms with Gasteiger partial charge in [0.05, 0.1) is 0 Å². The molecule has 9 nitrogen and oxygen atoms in total. The zero-order valence-electron chi connectivity index (χ0n) is 10.9. The molecule has 2 aromatic rings. The van der Waals surface area contributed by atoms with Gasteiger partial charge in [-0.2, -0.15) is 9.36 Å². The van der Waals surface area contributed by atoms with E-state index in [-0.39, 0.29) is 12.6 Å². The van der Waals surface area contributed by atoms with Crippen molar-refractivity contribution in [1.29, 1.82) is 0 Å². The third kappa shape index (κ3) is 3.16. The molecule has 0 spiro atoms. The number of thiophene rings is 1. The first-order valence-electron chi connectivity index (χ1n) is 6.30. The predicted molar refractivity (Wildman–Crippen MR) is 73.2 cm³/mol. The van der Waals surface area contributed by atoms with Crippen LogP contribution in [-0.4, -0.2) is 37.8 Å². The number of hydrogen-bond acceptors (Lipinski definition) is 6. The van der Waals surface area contributed by atoms with Crippen LogP contribution in [0.5, 0.6) is 0 Å². The van der Waals surface area contributed by atoms with Gasteiger partial charge in [0.2, 0.25) is 5.91 Å². The normalized spacial score (nSPS) is 13.9. The summed E-state index contributed by atoms with van der Waals surface area (Å²) >= 11 is 1.33. The van der Waals surface area contributed by atoms with Crippen LogP contribution >= 0.6 is 11.3 Å². The third-order valence-corrected chi connectivity index (χ3v) is 3.66. The lowest BCUT2D eigenvalue weighted by Gasteiger charge is -2.04. The van der Waals surface area contributed by atoms with E-state index in [9.17, 15) is 14.4 Å². The second-order valence-electron chi connectivity index (χ2n) is 4.58. The Morgan fingerprint density at radius 2 is 2.19 bits per heavy atom. The van der Waals surface area contributed by atoms with Crippen molar-refractivity contribution in [2.24, 2.45) is 0 Å². The molecule has 1 fully saturated rings. The second-order valence-corrected chi connectivity index (χ2v) is 5.50. The average molecular weight is 308 g/mol. The standard InChI is InChI=1S/C11H12N6O3S/c18-8(13-10(19)12-7-3-4-7)6-16-11(20)17(15-14-16)9-2-1-5-21-9/h1-2,5,7H,3-4,6H2,(H2,12,13,18,19). The van der Waals surface area contributed by atoms with Gasteiger partial charge in [-0.25, -0.2) is 9.59 Å². The summed E-state index contributed by atoms with van der Waals surface area (Å²) in [4.78, 5) is 35.1. The fourth-order valence-electron chi connectivity index (χ4n) is 1.65. The molecular weight excluding hydrogens is 296 g/mol. The van der Waals surface area contributed by atoms with Gasteiger partial charge >= 0.3 is 11.7 Å². The summed E-state index contributed by atoms with van der Waals surface area (Å²) < 4.78 is 2.00. The van der Waals surface area contributed by atoms with E-state index in [1.807, 2.05) is 0 Å². The average Bonchev–Trinajstić information content (AvgIpc) is 2.95. The zero-order chi connectivity index (χ0) is 14.8. The van der Waals surface area contributed by atoms with Crippen LogP contribution in [0.15, 0.2) is 22.3 Å². The van der Waals surface area contributed by atoms with E-state index in [1.54, 1.807) is 17.5 Å². The van der Waals surface area contributed by atoms with Gasteiger partial charge in [-0.3, -0.25) is 10.1 Å². The Morgan fingerprint density at radius 3 is 2.86 bits per heavy atom. The minimum absolute atomic E-state index is 0.153. The number of aromatic nitrogens is 4. The van der Waals surface area contributed by atoms with Crippen LogP contribution in [-0.2, 0) is 11.3 Å². The van der Waals surface area contributed by atoms with Gasteiger partial charge < -0.3 is 5.32 Å². The highest BCUT2D eigenvalue weighted by Gasteiger charge is 2.24. The molecule has 0 saturated heterocycles. The zero-order valence-corrected chi connectivity index (χ0v) is 11.7. The maximum Gasteiger partial charge on any atom is 0.369 e. The van der Waals surface area contributed by atoms with Crippen LogP contribution in [0.2, 0.25) is 0 Å². The van der Waals surface area contributed by atoms with E-state index in [1.165, 1.54) is 11.3 Å². The summed E-state index contributed by atoms with van der Waals surface area (Å²) in [5.41, 5.74) is -0.532. The number of nitrogens with zero attached hydrogens (tertiary/aromatic N) is 4. The van der Waals surface area contributed by atoms with Crippen molar-refractivity contribution in [2.75, 3.05) is 0 Å². The highest BCUT2D eigenvalue weighted by molar-refractivity contribution is 7.12. The summed E-state index contributed by atoms with van der Waals surface area (Å²) in [6.07, 6.45) is 1.85. The molecule has 2 N–H and O–H groups in total. The highest BCUT2D eigenvalue weighted by Crippen LogP contribution is 2.18. The van der Waals surface area contributed by atoms with E-state index in [4.69, 9.17) is 0 Å². The van der Waals surface area contributed by atoms with Gasteiger partial charge in [-0.1, -0.05) is 0 Å². The van der Waals surface area contributed by atoms with Crippen molar-refractivity contribution >= 4 is 23.3 Å². The number of carbonyl (C=O) groups is 2. The predicted octanol–water partition coefficient (Wildman–Crippen LogP) is -0.521. The number of amides is 3. The molecule has 10 heteroatoms. The molecule has 1 aliphatic carbocycles. The molecule has 2 aromatic heterocycles. The number of tetrazole rings is 1. The maximum absolute atomic E-state index is 12.0. The monoisotopic (exact) mass is 308 g/mol. The summed E-state index contributed by atoms with van der Waals surface area (Å²) in [5, 5.41) is 14.5. The minimum Gasteiger partial charge on any atom is -0.335 e. The van der Waals surface area contributed by atoms with Crippen LogP contribution in [0.4, 0.5) is 4.79 Å². The first kappa shape index (κ1) is 13.5. The Bertz CT molecular complexity index is 715. The van der Waals surface area contributed by atoms with E-state index < -0.39 is 17.6 Å². The molecule has 0 radical (unpaired) electrons. The van der Waals surface area contributed by atoms with Crippen molar-refractivity contribution in [2.45, 2.75) is 25.4 Å². The van der Waals surface area contributed by atoms with Crippen molar-refractivity contribution in [1.82, 2.24) is 30.4 Å². The van der Waals surface area contributed by atoms with Crippen LogP contribution in [0, 0.1) is 0 Å². The minimum atomic E-state index is -0.617. The van der Waals surface area contributed by atoms with Crippen LogP contribution in [0.25, 0.3) is 5.00 Å². The number of rotatable bonds is 4. The molecule has 0 unspecified atom stereocenters. The largest absolute Gasteiger partial charge is 0.369 e. The van der Waals surface area contributed by atoms with Crippen LogP contribution < -0.4 is 16.3 Å². The molecule has 0 atom stereocenters. The van der Waals surface area contributed by atoms with Crippen LogP contribution in [0.3, 0.4) is 0 Å². The SMILES string of the molecule is O=C(Cn1nnn(-c2cccs2)c1=O)NC(=O)NC1CC1. The Kier molecular flexibility index (Phi) is 3.52. The van der Waals surface area contributed by atoms with E-state index >= 15 is 0 Å². The summed E-state index contributed by atoms with van der Waals surface area (Å²) in [7, 11) is 0. The van der Waals surface area contributed by atoms with Gasteiger partial charge in [-0.15, -0.1) is 11.3 Å². The molecule has 1 saturated carbocycles. The second kappa shape index (κ2) is 5.48. The molecular formula is C11H12N6O3S. The Morgan fingerprint density at radius 1 is 1.38 bits per heavy atom. The number of carbonyl (C=O) groups excluding carboxylic acids is 2. The molecule has 3 rings (SSSR count). The quantitative estimate of drug-likeness (QED) is 0.789. The maximum atomic E-state index is 12.0. The van der Waals surface area contributed by atoms with Crippen molar-refractivity contribution in [3.63, 3.8) is 0 Å². The molecule has 1 aliphatic rings. The fourth-order valence-corrected chi connectivity index (χ4v) is 2.32. The van der Waals surface area contributed by atoms with Crippen LogP contribution in [0.1, 0.15) is 12.8 Å². The van der Waals surface area contributed by atoms with E-state index in [0.717, 1.165) is 22.2 Å². The molecule has 0 bridgehead atoms. The number of nitrogens with one attached hydrogen (secondary N) is 2. The van der Waals surface area contributed by atoms with Gasteiger partial charge in [0.15, 0.2) is 0 Å². The number of urea groups is 1. The van der Waals surface area contributed by atoms with Crippen molar-refractivity contribution in [3.05, 3.63) is 28.0 Å². The van der Waals surface area contributed by atoms with Gasteiger partial charge in [0.1, 0.15) is 11.5 Å². The van der Waals surface area contributed by atoms with Gasteiger partial charge in [-0.05, 0) is 40.8 Å². The number of hydrogen-bond donors (Lipinski definition) is 2. The summed E-state index contributed by atoms with van der Waals surface area (Å²) in [5.74, 6) is -0.617. The first-order valence-corrected chi connectivity index (χ1v) is 7.18. The lowest BCUT2D eigenvalue weighted by Crippen LogP contribution is -2.43. The van der Waals surface area contributed by atoms with E-state index in [0.29, 0.717) is 5.00 Å². The smallest absolute Gasteiger partial charge is 0.335 e. The molecule has 3 amide bonds. The topological polar surface area (TPSA) is 111 Å². The molecule has 0 aromatic carbocycles.